The number of amides is 3. The fourth-order valence-corrected chi connectivity index (χ4v) is 4.08. The number of carbonyl (C=O) groups is 3. The zero-order chi connectivity index (χ0) is 31.5. The number of rotatable bonds is 5. The third-order valence-corrected chi connectivity index (χ3v) is 6.34. The molecule has 224 valence electrons. The Morgan fingerprint density at radius 1 is 0.744 bits per heavy atom. The minimum Gasteiger partial charge on any atom is -0.340 e. The fraction of sp³-hybridized carbons (Fsp3) is 0.172. The Bertz CT molecular complexity index is 1650. The van der Waals surface area contributed by atoms with Crippen LogP contribution in [0.3, 0.4) is 0 Å². The molecule has 1 heterocycles. The predicted molar refractivity (Wildman–Crippen MR) is 145 cm³/mol. The van der Waals surface area contributed by atoms with Crippen LogP contribution in [0, 0.1) is 6.92 Å². The zero-order valence-electron chi connectivity index (χ0n) is 22.5. The second kappa shape index (κ2) is 12.0. The number of aliphatic imine (C=N–C) groups is 1. The zero-order valence-corrected chi connectivity index (χ0v) is 22.5. The third-order valence-electron chi connectivity index (χ3n) is 6.34. The normalized spacial score (nSPS) is 13.5. The van der Waals surface area contributed by atoms with Gasteiger partial charge in [0.25, 0.3) is 17.7 Å². The number of hydrogen-bond donors (Lipinski definition) is 3. The molecule has 0 fully saturated rings. The summed E-state index contributed by atoms with van der Waals surface area (Å²) in [5.41, 5.74) is -1.33. The summed E-state index contributed by atoms with van der Waals surface area (Å²) < 4.78 is 78.1. The van der Waals surface area contributed by atoms with Crippen LogP contribution in [-0.2, 0) is 12.4 Å². The smallest absolute Gasteiger partial charge is 0.340 e. The van der Waals surface area contributed by atoms with E-state index in [4.69, 9.17) is 0 Å². The highest BCUT2D eigenvalue weighted by Crippen LogP contribution is 2.31. The SMILES string of the molecule is Cc1c(NC(=O)c2cccc(C(F)(F)F)c2)cccc1C(=O)NC1=CN=C(NC(=O)c2cccc(C(F)(F)F)c2)N(C)C1. The molecule has 3 amide bonds. The first kappa shape index (κ1) is 30.8. The maximum Gasteiger partial charge on any atom is 0.416 e. The molecule has 0 saturated heterocycles. The molecule has 0 radical (unpaired) electrons. The Hall–Kier alpha value is -5.14. The predicted octanol–water partition coefficient (Wildman–Crippen LogP) is 5.59. The standard InChI is InChI=1S/C29H23F6N5O3/c1-16-22(10-5-11-23(16)38-24(41)17-6-3-8-19(12-17)28(30,31)32)26(43)37-21-14-36-27(40(2)15-21)39-25(42)18-7-4-9-20(13-18)29(33,34)35/h3-14H,15H2,1-2H3,(H,37,43)(H,38,41)(H,36,39,42). The molecule has 3 aromatic rings. The third kappa shape index (κ3) is 7.39. The number of nitrogens with zero attached hydrogens (tertiary/aromatic N) is 2. The van der Waals surface area contributed by atoms with Crippen molar-refractivity contribution in [3.63, 3.8) is 0 Å². The lowest BCUT2D eigenvalue weighted by Gasteiger charge is -2.26. The Kier molecular flexibility index (Phi) is 8.60. The molecule has 0 spiro atoms. The van der Waals surface area contributed by atoms with E-state index in [1.807, 2.05) is 0 Å². The van der Waals surface area contributed by atoms with Gasteiger partial charge in [-0.3, -0.25) is 19.7 Å². The quantitative estimate of drug-likeness (QED) is 0.331. The number of carbonyl (C=O) groups excluding carboxylic acids is 3. The molecule has 14 heteroatoms. The summed E-state index contributed by atoms with van der Waals surface area (Å²) in [5, 5.41) is 7.64. The van der Waals surface area contributed by atoms with Crippen LogP contribution >= 0.6 is 0 Å². The van der Waals surface area contributed by atoms with E-state index in [1.165, 1.54) is 41.4 Å². The maximum absolute atomic E-state index is 13.0. The monoisotopic (exact) mass is 603 g/mol. The van der Waals surface area contributed by atoms with Crippen LogP contribution in [0.1, 0.15) is 47.8 Å². The van der Waals surface area contributed by atoms with Crippen LogP contribution < -0.4 is 16.0 Å². The van der Waals surface area contributed by atoms with Crippen molar-refractivity contribution in [3.8, 4) is 0 Å². The Morgan fingerprint density at radius 2 is 1.28 bits per heavy atom. The molecular weight excluding hydrogens is 580 g/mol. The van der Waals surface area contributed by atoms with Crippen molar-refractivity contribution in [1.82, 2.24) is 15.5 Å². The Morgan fingerprint density at radius 3 is 1.81 bits per heavy atom. The molecule has 3 aromatic carbocycles. The van der Waals surface area contributed by atoms with E-state index in [0.29, 0.717) is 11.3 Å². The second-order valence-corrected chi connectivity index (χ2v) is 9.46. The highest BCUT2D eigenvalue weighted by Gasteiger charge is 2.32. The molecule has 0 unspecified atom stereocenters. The Labute approximate surface area is 241 Å². The average Bonchev–Trinajstić information content (AvgIpc) is 2.94. The van der Waals surface area contributed by atoms with E-state index in [0.717, 1.165) is 36.4 Å². The lowest BCUT2D eigenvalue weighted by atomic mass is 10.0. The van der Waals surface area contributed by atoms with E-state index in [-0.39, 0.29) is 34.9 Å². The molecule has 1 aliphatic rings. The minimum absolute atomic E-state index is 0.0379. The molecule has 1 aliphatic heterocycles. The van der Waals surface area contributed by atoms with Crippen molar-refractivity contribution < 1.29 is 40.7 Å². The molecule has 3 N–H and O–H groups in total. The van der Waals surface area contributed by atoms with Gasteiger partial charge in [-0.05, 0) is 61.0 Å². The van der Waals surface area contributed by atoms with E-state index >= 15 is 0 Å². The fourth-order valence-electron chi connectivity index (χ4n) is 4.08. The highest BCUT2D eigenvalue weighted by molar-refractivity contribution is 6.07. The van der Waals surface area contributed by atoms with Crippen molar-refractivity contribution in [2.45, 2.75) is 19.3 Å². The van der Waals surface area contributed by atoms with E-state index in [2.05, 4.69) is 20.9 Å². The summed E-state index contributed by atoms with van der Waals surface area (Å²) in [4.78, 5) is 43.8. The summed E-state index contributed by atoms with van der Waals surface area (Å²) >= 11 is 0. The first-order valence-electron chi connectivity index (χ1n) is 12.5. The van der Waals surface area contributed by atoms with Crippen LogP contribution in [0.25, 0.3) is 0 Å². The topological polar surface area (TPSA) is 103 Å². The van der Waals surface area contributed by atoms with Crippen molar-refractivity contribution in [2.24, 2.45) is 4.99 Å². The van der Waals surface area contributed by atoms with Crippen molar-refractivity contribution in [3.05, 3.63) is 112 Å². The molecule has 0 bridgehead atoms. The lowest BCUT2D eigenvalue weighted by molar-refractivity contribution is -0.138. The van der Waals surface area contributed by atoms with Crippen LogP contribution in [0.2, 0.25) is 0 Å². The van der Waals surface area contributed by atoms with Gasteiger partial charge < -0.3 is 15.5 Å². The number of hydrogen-bond acceptors (Lipinski definition) is 5. The number of guanidine groups is 1. The van der Waals surface area contributed by atoms with Gasteiger partial charge in [0.1, 0.15) is 0 Å². The van der Waals surface area contributed by atoms with Crippen molar-refractivity contribution in [1.29, 1.82) is 0 Å². The van der Waals surface area contributed by atoms with Crippen LogP contribution in [0.15, 0.2) is 83.6 Å². The number of alkyl halides is 6. The second-order valence-electron chi connectivity index (χ2n) is 9.46. The molecule has 43 heavy (non-hydrogen) atoms. The van der Waals surface area contributed by atoms with Crippen LogP contribution in [0.5, 0.6) is 0 Å². The van der Waals surface area contributed by atoms with Crippen molar-refractivity contribution in [2.75, 3.05) is 18.9 Å². The largest absolute Gasteiger partial charge is 0.416 e. The van der Waals surface area contributed by atoms with Gasteiger partial charge in [0.15, 0.2) is 0 Å². The van der Waals surface area contributed by atoms with E-state index < -0.39 is 41.2 Å². The molecule has 0 saturated carbocycles. The van der Waals surface area contributed by atoms with Crippen LogP contribution in [0.4, 0.5) is 32.0 Å². The summed E-state index contributed by atoms with van der Waals surface area (Å²) in [5.74, 6) is -2.13. The summed E-state index contributed by atoms with van der Waals surface area (Å²) in [6.07, 6.45) is -7.96. The molecule has 4 rings (SSSR count). The van der Waals surface area contributed by atoms with Crippen molar-refractivity contribution >= 4 is 29.4 Å². The van der Waals surface area contributed by atoms with Gasteiger partial charge in [0.2, 0.25) is 5.96 Å². The lowest BCUT2D eigenvalue weighted by Crippen LogP contribution is -2.46. The molecule has 8 nitrogen and oxygen atoms in total. The van der Waals surface area contributed by atoms with Gasteiger partial charge in [-0.25, -0.2) is 4.99 Å². The number of likely N-dealkylation sites (N-methyl/N-ethyl adjacent to an activating group) is 1. The van der Waals surface area contributed by atoms with E-state index in [1.54, 1.807) is 14.0 Å². The number of halogens is 6. The summed E-state index contributed by atoms with van der Waals surface area (Å²) in [6.45, 7) is 1.62. The van der Waals surface area contributed by atoms with E-state index in [9.17, 15) is 40.7 Å². The average molecular weight is 604 g/mol. The van der Waals surface area contributed by atoms with Gasteiger partial charge in [-0.2, -0.15) is 26.3 Å². The number of anilines is 1. The summed E-state index contributed by atoms with van der Waals surface area (Å²) in [6, 6.07) is 12.3. The molecule has 0 aliphatic carbocycles. The molecular formula is C29H23F6N5O3. The molecule has 0 atom stereocenters. The first-order chi connectivity index (χ1) is 20.1. The minimum atomic E-state index is -4.62. The van der Waals surface area contributed by atoms with Gasteiger partial charge in [0.05, 0.1) is 29.6 Å². The van der Waals surface area contributed by atoms with Gasteiger partial charge in [-0.1, -0.05) is 18.2 Å². The van der Waals surface area contributed by atoms with Gasteiger partial charge in [-0.15, -0.1) is 0 Å². The highest BCUT2D eigenvalue weighted by atomic mass is 19.4. The first-order valence-corrected chi connectivity index (χ1v) is 12.5. The number of nitrogens with one attached hydrogen (secondary N) is 3. The Balaban J connectivity index is 1.44. The van der Waals surface area contributed by atoms with Crippen LogP contribution in [-0.4, -0.2) is 42.2 Å². The maximum atomic E-state index is 13.0. The molecule has 0 aromatic heterocycles. The number of benzene rings is 3. The summed E-state index contributed by atoms with van der Waals surface area (Å²) in [7, 11) is 1.54. The van der Waals surface area contributed by atoms with Gasteiger partial charge >= 0.3 is 12.4 Å². The van der Waals surface area contributed by atoms with Gasteiger partial charge in [0, 0.05) is 29.4 Å².